The molecule has 0 aliphatic carbocycles. The highest BCUT2D eigenvalue weighted by Gasteiger charge is 2.27. The largest absolute Gasteiger partial charge is 0.463 e. The first-order valence-electron chi connectivity index (χ1n) is 10.0. The van der Waals surface area contributed by atoms with Crippen molar-refractivity contribution in [1.29, 1.82) is 0 Å². The molecule has 0 heterocycles. The van der Waals surface area contributed by atoms with Gasteiger partial charge in [-0.1, -0.05) is 76.1 Å². The average molecular weight is 383 g/mol. The van der Waals surface area contributed by atoms with Gasteiger partial charge in [0.2, 0.25) is 6.10 Å². The van der Waals surface area contributed by atoms with Gasteiger partial charge in [-0.15, -0.1) is 0 Å². The van der Waals surface area contributed by atoms with E-state index in [2.05, 4.69) is 20.8 Å². The van der Waals surface area contributed by atoms with Gasteiger partial charge in [0.05, 0.1) is 12.2 Å². The lowest BCUT2D eigenvalue weighted by molar-refractivity contribution is -0.154. The highest BCUT2D eigenvalue weighted by atomic mass is 16.6. The maximum atomic E-state index is 12.6. The van der Waals surface area contributed by atoms with E-state index in [1.165, 1.54) is 5.56 Å². The second kappa shape index (κ2) is 11.3. The third-order valence-electron chi connectivity index (χ3n) is 4.37. The molecule has 0 spiro atoms. The van der Waals surface area contributed by atoms with Crippen LogP contribution in [0.2, 0.25) is 0 Å². The molecule has 0 saturated heterocycles. The summed E-state index contributed by atoms with van der Waals surface area (Å²) in [5.74, 6) is -0.523. The fourth-order valence-corrected chi connectivity index (χ4v) is 2.90. The third-order valence-corrected chi connectivity index (χ3v) is 4.37. The van der Waals surface area contributed by atoms with Crippen LogP contribution in [0.1, 0.15) is 67.6 Å². The number of hydrogen-bond acceptors (Lipinski definition) is 4. The van der Waals surface area contributed by atoms with Crippen molar-refractivity contribution >= 4 is 11.9 Å². The molecular weight excluding hydrogens is 352 g/mol. The van der Waals surface area contributed by atoms with Gasteiger partial charge in [0, 0.05) is 5.56 Å². The summed E-state index contributed by atoms with van der Waals surface area (Å²) in [6, 6.07) is 16.3. The van der Waals surface area contributed by atoms with Gasteiger partial charge >= 0.3 is 11.9 Å². The Labute approximate surface area is 167 Å². The van der Waals surface area contributed by atoms with Gasteiger partial charge in [-0.05, 0) is 36.5 Å². The summed E-state index contributed by atoms with van der Waals surface area (Å²) in [5.41, 5.74) is 2.20. The third kappa shape index (κ3) is 6.84. The Balaban J connectivity index is 2.08. The summed E-state index contributed by atoms with van der Waals surface area (Å²) in [5, 5.41) is 0. The predicted molar refractivity (Wildman–Crippen MR) is 110 cm³/mol. The van der Waals surface area contributed by atoms with Crippen molar-refractivity contribution in [2.75, 3.05) is 6.61 Å². The zero-order valence-corrected chi connectivity index (χ0v) is 17.0. The van der Waals surface area contributed by atoms with E-state index in [1.807, 2.05) is 18.2 Å². The van der Waals surface area contributed by atoms with E-state index < -0.39 is 18.0 Å². The SMILES string of the molecule is CCCCCOC(=O)C(OC(=O)c1ccc(CC(C)C)cc1)c1ccccc1. The van der Waals surface area contributed by atoms with Crippen LogP contribution in [0.4, 0.5) is 0 Å². The van der Waals surface area contributed by atoms with Gasteiger partial charge in [0.15, 0.2) is 0 Å². The van der Waals surface area contributed by atoms with Crippen LogP contribution in [0.3, 0.4) is 0 Å². The molecule has 0 N–H and O–H groups in total. The van der Waals surface area contributed by atoms with Gasteiger partial charge < -0.3 is 9.47 Å². The molecule has 0 saturated carbocycles. The maximum absolute atomic E-state index is 12.6. The fraction of sp³-hybridized carbons (Fsp3) is 0.417. The van der Waals surface area contributed by atoms with Gasteiger partial charge in [-0.25, -0.2) is 9.59 Å². The fourth-order valence-electron chi connectivity index (χ4n) is 2.90. The quantitative estimate of drug-likeness (QED) is 0.401. The second-order valence-electron chi connectivity index (χ2n) is 7.37. The molecule has 0 radical (unpaired) electrons. The normalized spacial score (nSPS) is 11.9. The van der Waals surface area contributed by atoms with Crippen LogP contribution >= 0.6 is 0 Å². The van der Waals surface area contributed by atoms with Gasteiger partial charge in [-0.2, -0.15) is 0 Å². The number of carbonyl (C=O) groups is 2. The van der Waals surface area contributed by atoms with E-state index in [0.29, 0.717) is 23.7 Å². The summed E-state index contributed by atoms with van der Waals surface area (Å²) in [4.78, 5) is 25.2. The molecule has 28 heavy (non-hydrogen) atoms. The van der Waals surface area contributed by atoms with Crippen molar-refractivity contribution in [3.05, 3.63) is 71.3 Å². The Kier molecular flexibility index (Phi) is 8.73. The first-order valence-corrected chi connectivity index (χ1v) is 10.0. The molecule has 4 heteroatoms. The summed E-state index contributed by atoms with van der Waals surface area (Å²) in [6.07, 6.45) is 2.72. The van der Waals surface area contributed by atoms with E-state index in [4.69, 9.17) is 9.47 Å². The van der Waals surface area contributed by atoms with Crippen LogP contribution in [0.25, 0.3) is 0 Å². The number of benzene rings is 2. The van der Waals surface area contributed by atoms with Gasteiger partial charge in [0.1, 0.15) is 0 Å². The Morgan fingerprint density at radius 1 is 0.929 bits per heavy atom. The Hall–Kier alpha value is -2.62. The average Bonchev–Trinajstić information content (AvgIpc) is 2.70. The van der Waals surface area contributed by atoms with Crippen LogP contribution in [0.5, 0.6) is 0 Å². The highest BCUT2D eigenvalue weighted by molar-refractivity contribution is 5.91. The molecule has 2 rings (SSSR count). The number of hydrogen-bond donors (Lipinski definition) is 0. The van der Waals surface area contributed by atoms with Gasteiger partial charge in [-0.3, -0.25) is 0 Å². The molecule has 0 aliphatic rings. The molecule has 0 fully saturated rings. The van der Waals surface area contributed by atoms with E-state index in [9.17, 15) is 9.59 Å². The van der Waals surface area contributed by atoms with Crippen molar-refractivity contribution in [2.24, 2.45) is 5.92 Å². The minimum Gasteiger partial charge on any atom is -0.463 e. The lowest BCUT2D eigenvalue weighted by Crippen LogP contribution is -2.22. The monoisotopic (exact) mass is 382 g/mol. The van der Waals surface area contributed by atoms with Crippen molar-refractivity contribution < 1.29 is 19.1 Å². The lowest BCUT2D eigenvalue weighted by atomic mass is 10.0. The zero-order valence-electron chi connectivity index (χ0n) is 17.0. The second-order valence-corrected chi connectivity index (χ2v) is 7.37. The number of unbranched alkanes of at least 4 members (excludes halogenated alkanes) is 2. The minimum absolute atomic E-state index is 0.331. The Morgan fingerprint density at radius 3 is 2.21 bits per heavy atom. The van der Waals surface area contributed by atoms with Crippen LogP contribution in [0, 0.1) is 5.92 Å². The molecule has 2 aromatic rings. The predicted octanol–water partition coefficient (Wildman–Crippen LogP) is 5.52. The Morgan fingerprint density at radius 2 is 1.61 bits per heavy atom. The molecular formula is C24H30O4. The molecule has 1 unspecified atom stereocenters. The van der Waals surface area contributed by atoms with E-state index in [-0.39, 0.29) is 0 Å². The van der Waals surface area contributed by atoms with Crippen molar-refractivity contribution in [1.82, 2.24) is 0 Å². The van der Waals surface area contributed by atoms with Crippen molar-refractivity contribution in [3.63, 3.8) is 0 Å². The van der Waals surface area contributed by atoms with Gasteiger partial charge in [0.25, 0.3) is 0 Å². The van der Waals surface area contributed by atoms with Crippen LogP contribution in [-0.4, -0.2) is 18.5 Å². The molecule has 0 bridgehead atoms. The summed E-state index contributed by atoms with van der Waals surface area (Å²) < 4.78 is 10.9. The van der Waals surface area contributed by atoms with Crippen molar-refractivity contribution in [3.8, 4) is 0 Å². The topological polar surface area (TPSA) is 52.6 Å². The standard InChI is InChI=1S/C24H30O4/c1-4-5-9-16-27-24(26)22(20-10-7-6-8-11-20)28-23(25)21-14-12-19(13-15-21)17-18(2)3/h6-8,10-15,18,22H,4-5,9,16-17H2,1-3H3. The van der Waals surface area contributed by atoms with E-state index >= 15 is 0 Å². The molecule has 0 amide bonds. The summed E-state index contributed by atoms with van der Waals surface area (Å²) in [6.45, 7) is 6.72. The Bertz CT molecular complexity index is 735. The number of esters is 2. The summed E-state index contributed by atoms with van der Waals surface area (Å²) in [7, 11) is 0. The molecule has 0 aromatic heterocycles. The zero-order chi connectivity index (χ0) is 20.4. The van der Waals surface area contributed by atoms with Crippen LogP contribution in [-0.2, 0) is 20.7 Å². The molecule has 4 nitrogen and oxygen atoms in total. The molecule has 2 aromatic carbocycles. The first kappa shape index (κ1) is 21.7. The number of ether oxygens (including phenoxy) is 2. The molecule has 150 valence electrons. The van der Waals surface area contributed by atoms with E-state index in [1.54, 1.807) is 36.4 Å². The van der Waals surface area contributed by atoms with Crippen molar-refractivity contribution in [2.45, 2.75) is 52.6 Å². The lowest BCUT2D eigenvalue weighted by Gasteiger charge is -2.17. The molecule has 0 aliphatic heterocycles. The van der Waals surface area contributed by atoms with Crippen LogP contribution in [0.15, 0.2) is 54.6 Å². The smallest absolute Gasteiger partial charge is 0.352 e. The summed E-state index contributed by atoms with van der Waals surface area (Å²) >= 11 is 0. The van der Waals surface area contributed by atoms with E-state index in [0.717, 1.165) is 25.7 Å². The highest BCUT2D eigenvalue weighted by Crippen LogP contribution is 2.22. The minimum atomic E-state index is -1.06. The number of carbonyl (C=O) groups excluding carboxylic acids is 2. The maximum Gasteiger partial charge on any atom is 0.352 e. The first-order chi connectivity index (χ1) is 13.5. The molecule has 1 atom stereocenters. The number of rotatable bonds is 10. The van der Waals surface area contributed by atoms with Crippen LogP contribution < -0.4 is 0 Å².